The minimum atomic E-state index is -0.368. The lowest BCUT2D eigenvalue weighted by atomic mass is 10.0. The Morgan fingerprint density at radius 2 is 1.50 bits per heavy atom. The van der Waals surface area contributed by atoms with Crippen LogP contribution >= 0.6 is 31.9 Å². The second kappa shape index (κ2) is 7.73. The van der Waals surface area contributed by atoms with Crippen molar-refractivity contribution in [2.75, 3.05) is 0 Å². The maximum Gasteiger partial charge on any atom is 0.267 e. The molecule has 0 saturated heterocycles. The van der Waals surface area contributed by atoms with E-state index >= 15 is 0 Å². The van der Waals surface area contributed by atoms with Crippen molar-refractivity contribution in [3.63, 3.8) is 0 Å². The second-order valence-corrected chi connectivity index (χ2v) is 7.90. The van der Waals surface area contributed by atoms with Gasteiger partial charge >= 0.3 is 0 Å². The quantitative estimate of drug-likeness (QED) is 0.370. The molecular weight excluding hydrogens is 484 g/mol. The monoisotopic (exact) mass is 496 g/mol. The Kier molecular flexibility index (Phi) is 5.15. The van der Waals surface area contributed by atoms with Crippen LogP contribution in [0.1, 0.15) is 10.4 Å². The van der Waals surface area contributed by atoms with E-state index < -0.39 is 0 Å². The molecule has 1 aromatic heterocycles. The molecule has 4 rings (SSSR count). The fourth-order valence-corrected chi connectivity index (χ4v) is 4.27. The van der Waals surface area contributed by atoms with Crippen molar-refractivity contribution >= 4 is 37.8 Å². The number of hydrogen-bond acceptors (Lipinski definition) is 3. The maximum atomic E-state index is 13.3. The largest absolute Gasteiger partial charge is 0.506 e. The van der Waals surface area contributed by atoms with Crippen LogP contribution in [0.15, 0.2) is 88.1 Å². The van der Waals surface area contributed by atoms with Gasteiger partial charge in [-0.05, 0) is 28.1 Å². The Morgan fingerprint density at radius 1 is 0.893 bits per heavy atom. The molecular formula is C22H14Br2N2O2. The number of carbonyl (C=O) groups excluding carboxylic acids is 1. The number of phenols is 1. The van der Waals surface area contributed by atoms with Crippen LogP contribution in [0, 0.1) is 0 Å². The summed E-state index contributed by atoms with van der Waals surface area (Å²) in [6.07, 6.45) is 1.50. The average Bonchev–Trinajstić information content (AvgIpc) is 3.16. The van der Waals surface area contributed by atoms with E-state index in [4.69, 9.17) is 0 Å². The molecule has 1 N–H and O–H groups in total. The summed E-state index contributed by atoms with van der Waals surface area (Å²) < 4.78 is 2.60. The molecule has 0 fully saturated rings. The third kappa shape index (κ3) is 3.41. The van der Waals surface area contributed by atoms with Crippen LogP contribution in [0.25, 0.3) is 22.5 Å². The number of aromatic nitrogens is 2. The number of phenolic OH excluding ortho intramolecular Hbond substituents is 1. The van der Waals surface area contributed by atoms with Gasteiger partial charge in [-0.25, -0.2) is 4.98 Å². The molecule has 0 aliphatic rings. The number of imidazole rings is 1. The van der Waals surface area contributed by atoms with Crippen molar-refractivity contribution in [3.8, 4) is 28.3 Å². The molecule has 138 valence electrons. The van der Waals surface area contributed by atoms with Gasteiger partial charge in [0.05, 0.1) is 21.4 Å². The fourth-order valence-electron chi connectivity index (χ4n) is 3.04. The van der Waals surface area contributed by atoms with E-state index in [1.807, 2.05) is 60.7 Å². The molecule has 4 nitrogen and oxygen atoms in total. The molecule has 28 heavy (non-hydrogen) atoms. The summed E-state index contributed by atoms with van der Waals surface area (Å²) in [7, 11) is 0. The van der Waals surface area contributed by atoms with Crippen molar-refractivity contribution in [1.29, 1.82) is 0 Å². The molecule has 0 amide bonds. The molecule has 0 spiro atoms. The lowest BCUT2D eigenvalue weighted by Crippen LogP contribution is -2.13. The van der Waals surface area contributed by atoms with E-state index in [2.05, 4.69) is 36.8 Å². The normalized spacial score (nSPS) is 10.8. The fraction of sp³-hybridized carbons (Fsp3) is 0. The Balaban J connectivity index is 1.94. The van der Waals surface area contributed by atoms with Gasteiger partial charge in [-0.15, -0.1) is 0 Å². The number of aromatic hydroxyl groups is 1. The summed E-state index contributed by atoms with van der Waals surface area (Å²) in [6, 6.07) is 22.6. The highest BCUT2D eigenvalue weighted by atomic mass is 79.9. The van der Waals surface area contributed by atoms with Gasteiger partial charge in [-0.3, -0.25) is 9.36 Å². The zero-order valence-electron chi connectivity index (χ0n) is 14.5. The van der Waals surface area contributed by atoms with Crippen molar-refractivity contribution in [2.45, 2.75) is 0 Å². The SMILES string of the molecule is O=C(c1cc(Br)cc(Br)c1O)n1cnc(-c2ccccc2)c1-c1ccccc1. The van der Waals surface area contributed by atoms with E-state index in [-0.39, 0.29) is 17.2 Å². The van der Waals surface area contributed by atoms with Gasteiger partial charge in [0.15, 0.2) is 0 Å². The Bertz CT molecular complexity index is 1160. The summed E-state index contributed by atoms with van der Waals surface area (Å²) in [6.45, 7) is 0. The predicted molar refractivity (Wildman–Crippen MR) is 116 cm³/mol. The average molecular weight is 498 g/mol. The smallest absolute Gasteiger partial charge is 0.267 e. The van der Waals surface area contributed by atoms with Crippen LogP contribution in [-0.2, 0) is 0 Å². The molecule has 6 heteroatoms. The summed E-state index contributed by atoms with van der Waals surface area (Å²) >= 11 is 6.66. The minimum Gasteiger partial charge on any atom is -0.506 e. The summed E-state index contributed by atoms with van der Waals surface area (Å²) in [5, 5.41) is 10.4. The molecule has 3 aromatic carbocycles. The molecule has 0 aliphatic carbocycles. The Labute approximate surface area is 178 Å². The number of nitrogens with zero attached hydrogens (tertiary/aromatic N) is 2. The van der Waals surface area contributed by atoms with Crippen LogP contribution in [-0.4, -0.2) is 20.6 Å². The Morgan fingerprint density at radius 3 is 2.14 bits per heavy atom. The number of halogens is 2. The predicted octanol–water partition coefficient (Wildman–Crippen LogP) is 6.14. The van der Waals surface area contributed by atoms with Gasteiger partial charge < -0.3 is 5.11 Å². The first-order valence-electron chi connectivity index (χ1n) is 8.47. The first kappa shape index (κ1) is 18.7. The van der Waals surface area contributed by atoms with Crippen LogP contribution in [0.5, 0.6) is 5.75 Å². The topological polar surface area (TPSA) is 55.1 Å². The van der Waals surface area contributed by atoms with Crippen molar-refractivity contribution in [3.05, 3.63) is 93.6 Å². The van der Waals surface area contributed by atoms with Gasteiger partial charge in [0, 0.05) is 15.6 Å². The van der Waals surface area contributed by atoms with Gasteiger partial charge in [-0.2, -0.15) is 0 Å². The standard InChI is InChI=1S/C22H14Br2N2O2/c23-16-11-17(21(27)18(24)12-16)22(28)26-13-25-19(14-7-3-1-4-8-14)20(26)15-9-5-2-6-10-15/h1-13,27H. The zero-order valence-corrected chi connectivity index (χ0v) is 17.7. The van der Waals surface area contributed by atoms with Crippen LogP contribution in [0.4, 0.5) is 0 Å². The molecule has 0 bridgehead atoms. The molecule has 1 heterocycles. The van der Waals surface area contributed by atoms with Gasteiger partial charge in [0.25, 0.3) is 5.91 Å². The lowest BCUT2D eigenvalue weighted by Gasteiger charge is -2.12. The van der Waals surface area contributed by atoms with Crippen LogP contribution < -0.4 is 0 Å². The van der Waals surface area contributed by atoms with Gasteiger partial charge in [0.1, 0.15) is 12.1 Å². The number of benzene rings is 3. The van der Waals surface area contributed by atoms with Crippen molar-refractivity contribution in [2.24, 2.45) is 0 Å². The minimum absolute atomic E-state index is 0.109. The van der Waals surface area contributed by atoms with E-state index in [0.717, 1.165) is 11.1 Å². The number of hydrogen-bond donors (Lipinski definition) is 1. The highest BCUT2D eigenvalue weighted by Gasteiger charge is 2.23. The highest BCUT2D eigenvalue weighted by Crippen LogP contribution is 2.35. The maximum absolute atomic E-state index is 13.3. The molecule has 0 unspecified atom stereocenters. The molecule has 0 saturated carbocycles. The van der Waals surface area contributed by atoms with Crippen molar-refractivity contribution in [1.82, 2.24) is 9.55 Å². The van der Waals surface area contributed by atoms with E-state index in [1.54, 1.807) is 12.1 Å². The first-order valence-corrected chi connectivity index (χ1v) is 10.1. The number of carbonyl (C=O) groups is 1. The summed E-state index contributed by atoms with van der Waals surface area (Å²) in [5.74, 6) is -0.477. The van der Waals surface area contributed by atoms with Gasteiger partial charge in [0.2, 0.25) is 0 Å². The zero-order chi connectivity index (χ0) is 19.7. The van der Waals surface area contributed by atoms with Crippen molar-refractivity contribution < 1.29 is 9.90 Å². The third-order valence-corrected chi connectivity index (χ3v) is 5.40. The third-order valence-electron chi connectivity index (χ3n) is 4.34. The second-order valence-electron chi connectivity index (χ2n) is 6.13. The molecule has 0 radical (unpaired) electrons. The lowest BCUT2D eigenvalue weighted by molar-refractivity contribution is 0.0959. The van der Waals surface area contributed by atoms with E-state index in [1.165, 1.54) is 10.9 Å². The number of rotatable bonds is 3. The molecule has 0 atom stereocenters. The summed E-state index contributed by atoms with van der Waals surface area (Å²) in [4.78, 5) is 17.9. The first-order chi connectivity index (χ1) is 13.6. The molecule has 0 aliphatic heterocycles. The molecule has 4 aromatic rings. The van der Waals surface area contributed by atoms with Gasteiger partial charge in [-0.1, -0.05) is 76.6 Å². The van der Waals surface area contributed by atoms with E-state index in [0.29, 0.717) is 20.3 Å². The van der Waals surface area contributed by atoms with Crippen LogP contribution in [0.2, 0.25) is 0 Å². The Hall–Kier alpha value is -2.70. The highest BCUT2D eigenvalue weighted by molar-refractivity contribution is 9.11. The summed E-state index contributed by atoms with van der Waals surface area (Å²) in [5.41, 5.74) is 3.32. The van der Waals surface area contributed by atoms with E-state index in [9.17, 15) is 9.90 Å². The van der Waals surface area contributed by atoms with Crippen LogP contribution in [0.3, 0.4) is 0 Å².